The summed E-state index contributed by atoms with van der Waals surface area (Å²) in [6, 6.07) is 69.7. The maximum Gasteiger partial charge on any atom is 0.145 e. The van der Waals surface area contributed by atoms with Crippen LogP contribution in [0.5, 0.6) is 0 Å². The highest BCUT2D eigenvalue weighted by atomic mass is 15.1. The zero-order valence-corrected chi connectivity index (χ0v) is 30.3. The SMILES string of the molecule is c1ccc(-n2ccc3cc4c(cc32)c2ccc3c5ccccc5n(-c5ccccc5)c3c2n4-c2ccc(-c3nc4ccccc4n3-c3ccccc3)cc2)cc1. The summed E-state index contributed by atoms with van der Waals surface area (Å²) in [6.07, 6.45) is 2.19. The third-order valence-electron chi connectivity index (χ3n) is 11.4. The Kier molecular flexibility index (Phi) is 6.56. The lowest BCUT2D eigenvalue weighted by Gasteiger charge is -2.14. The van der Waals surface area contributed by atoms with Gasteiger partial charge in [-0.15, -0.1) is 0 Å². The molecule has 0 bridgehead atoms. The molecule has 0 aliphatic carbocycles. The number of rotatable bonds is 5. The molecule has 12 rings (SSSR count). The molecule has 12 aromatic rings. The fourth-order valence-corrected chi connectivity index (χ4v) is 8.92. The molecule has 4 aromatic heterocycles. The van der Waals surface area contributed by atoms with E-state index in [1.54, 1.807) is 0 Å². The molecule has 0 atom stereocenters. The Hall–Kier alpha value is -7.63. The Bertz CT molecular complexity index is 3440. The van der Waals surface area contributed by atoms with Gasteiger partial charge in [0.25, 0.3) is 0 Å². The van der Waals surface area contributed by atoms with Gasteiger partial charge in [-0.25, -0.2) is 4.98 Å². The Morgan fingerprint density at radius 3 is 1.61 bits per heavy atom. The topological polar surface area (TPSA) is 32.6 Å². The minimum absolute atomic E-state index is 0.918. The second-order valence-corrected chi connectivity index (χ2v) is 14.5. The van der Waals surface area contributed by atoms with Crippen molar-refractivity contribution < 1.29 is 0 Å². The zero-order valence-electron chi connectivity index (χ0n) is 30.3. The van der Waals surface area contributed by atoms with Gasteiger partial charge in [0.2, 0.25) is 0 Å². The second-order valence-electron chi connectivity index (χ2n) is 14.5. The minimum Gasteiger partial charge on any atom is -0.317 e. The van der Waals surface area contributed by atoms with Crippen LogP contribution in [0.1, 0.15) is 0 Å². The molecule has 0 saturated heterocycles. The molecule has 0 aliphatic rings. The lowest BCUT2D eigenvalue weighted by molar-refractivity contribution is 1.10. The van der Waals surface area contributed by atoms with Crippen LogP contribution in [0.15, 0.2) is 200 Å². The molecule has 0 spiro atoms. The summed E-state index contributed by atoms with van der Waals surface area (Å²) in [5.74, 6) is 0.918. The molecule has 8 aromatic carbocycles. The number of aromatic nitrogens is 5. The van der Waals surface area contributed by atoms with Crippen LogP contribution < -0.4 is 0 Å². The number of para-hydroxylation sites is 6. The Balaban J connectivity index is 1.17. The van der Waals surface area contributed by atoms with E-state index in [1.165, 1.54) is 54.5 Å². The summed E-state index contributed by atoms with van der Waals surface area (Å²) >= 11 is 0. The molecule has 0 aliphatic heterocycles. The van der Waals surface area contributed by atoms with Crippen molar-refractivity contribution in [2.45, 2.75) is 0 Å². The molecule has 0 radical (unpaired) electrons. The van der Waals surface area contributed by atoms with Crippen molar-refractivity contribution in [3.8, 4) is 34.1 Å². The monoisotopic (exact) mass is 715 g/mol. The van der Waals surface area contributed by atoms with Crippen molar-refractivity contribution in [3.63, 3.8) is 0 Å². The van der Waals surface area contributed by atoms with Crippen molar-refractivity contribution >= 4 is 65.5 Å². The third-order valence-corrected chi connectivity index (χ3v) is 11.4. The molecule has 0 unspecified atom stereocenters. The quantitative estimate of drug-likeness (QED) is 0.175. The molecule has 4 heterocycles. The lowest BCUT2D eigenvalue weighted by Crippen LogP contribution is -2.00. The maximum atomic E-state index is 5.17. The summed E-state index contributed by atoms with van der Waals surface area (Å²) in [4.78, 5) is 5.17. The van der Waals surface area contributed by atoms with Crippen LogP contribution in [0, 0.1) is 0 Å². The van der Waals surface area contributed by atoms with Gasteiger partial charge in [-0.05, 0) is 97.1 Å². The normalized spacial score (nSPS) is 11.9. The number of hydrogen-bond donors (Lipinski definition) is 0. The van der Waals surface area contributed by atoms with E-state index in [2.05, 4.69) is 219 Å². The summed E-state index contributed by atoms with van der Waals surface area (Å²) in [6.45, 7) is 0. The molecule has 5 nitrogen and oxygen atoms in total. The highest BCUT2D eigenvalue weighted by Crippen LogP contribution is 2.43. The van der Waals surface area contributed by atoms with Crippen molar-refractivity contribution in [2.75, 3.05) is 0 Å². The minimum atomic E-state index is 0.918. The largest absolute Gasteiger partial charge is 0.317 e. The molecular weight excluding hydrogens is 683 g/mol. The summed E-state index contributed by atoms with van der Waals surface area (Å²) in [7, 11) is 0. The molecular formula is C51H33N5. The van der Waals surface area contributed by atoms with Gasteiger partial charge in [0.1, 0.15) is 5.82 Å². The van der Waals surface area contributed by atoms with Gasteiger partial charge < -0.3 is 13.7 Å². The number of imidazole rings is 1. The van der Waals surface area contributed by atoms with Crippen LogP contribution in [0.25, 0.3) is 99.7 Å². The van der Waals surface area contributed by atoms with Crippen molar-refractivity contribution in [1.29, 1.82) is 0 Å². The Labute approximate surface area is 322 Å². The van der Waals surface area contributed by atoms with Gasteiger partial charge in [0.05, 0.1) is 38.6 Å². The first-order valence-electron chi connectivity index (χ1n) is 19.1. The first-order chi connectivity index (χ1) is 27.8. The van der Waals surface area contributed by atoms with Gasteiger partial charge in [0.15, 0.2) is 0 Å². The van der Waals surface area contributed by atoms with E-state index in [4.69, 9.17) is 4.98 Å². The van der Waals surface area contributed by atoms with E-state index in [0.29, 0.717) is 0 Å². The van der Waals surface area contributed by atoms with Gasteiger partial charge >= 0.3 is 0 Å². The molecule has 0 amide bonds. The van der Waals surface area contributed by atoms with Gasteiger partial charge in [-0.3, -0.25) is 4.57 Å². The molecule has 0 saturated carbocycles. The highest BCUT2D eigenvalue weighted by molar-refractivity contribution is 6.25. The Morgan fingerprint density at radius 1 is 0.339 bits per heavy atom. The summed E-state index contributed by atoms with van der Waals surface area (Å²) in [5.41, 5.74) is 13.5. The predicted molar refractivity (Wildman–Crippen MR) is 232 cm³/mol. The van der Waals surface area contributed by atoms with E-state index in [9.17, 15) is 0 Å². The van der Waals surface area contributed by atoms with E-state index in [-0.39, 0.29) is 0 Å². The first kappa shape index (κ1) is 30.8. The number of nitrogens with zero attached hydrogens (tertiary/aromatic N) is 5. The third kappa shape index (κ3) is 4.46. The smallest absolute Gasteiger partial charge is 0.145 e. The van der Waals surface area contributed by atoms with Crippen LogP contribution in [-0.2, 0) is 0 Å². The van der Waals surface area contributed by atoms with Crippen LogP contribution in [0.3, 0.4) is 0 Å². The van der Waals surface area contributed by atoms with Gasteiger partial charge in [-0.2, -0.15) is 0 Å². The second kappa shape index (κ2) is 11.9. The van der Waals surface area contributed by atoms with Gasteiger partial charge in [-0.1, -0.05) is 97.1 Å². The number of hydrogen-bond acceptors (Lipinski definition) is 1. The highest BCUT2D eigenvalue weighted by Gasteiger charge is 2.23. The molecule has 0 N–H and O–H groups in total. The summed E-state index contributed by atoms with van der Waals surface area (Å²) in [5, 5.41) is 6.09. The van der Waals surface area contributed by atoms with E-state index in [1.807, 2.05) is 0 Å². The van der Waals surface area contributed by atoms with E-state index in [0.717, 1.165) is 45.2 Å². The van der Waals surface area contributed by atoms with Crippen molar-refractivity contribution in [2.24, 2.45) is 0 Å². The average molecular weight is 716 g/mol. The standard InChI is InChI=1S/C51H33N5/c1-4-14-36(15-5-1)53-31-30-35-32-48-43(33-47(35)53)42-29-28-41-40-20-10-12-22-45(40)54(37-16-6-2-7-17-37)49(41)50(42)55(48)39-26-24-34(25-27-39)51-52-44-21-11-13-23-46(44)56(51)38-18-8-3-9-19-38/h1-33H. The summed E-state index contributed by atoms with van der Waals surface area (Å²) < 4.78 is 9.49. The number of benzene rings is 8. The van der Waals surface area contributed by atoms with Crippen LogP contribution in [0.2, 0.25) is 0 Å². The molecule has 5 heteroatoms. The maximum absolute atomic E-state index is 5.17. The lowest BCUT2D eigenvalue weighted by atomic mass is 10.1. The molecule has 56 heavy (non-hydrogen) atoms. The van der Waals surface area contributed by atoms with Crippen molar-refractivity contribution in [1.82, 2.24) is 23.3 Å². The fraction of sp³-hybridized carbons (Fsp3) is 0. The molecule has 0 fully saturated rings. The van der Waals surface area contributed by atoms with E-state index < -0.39 is 0 Å². The van der Waals surface area contributed by atoms with Gasteiger partial charge in [0, 0.05) is 61.4 Å². The first-order valence-corrected chi connectivity index (χ1v) is 19.1. The van der Waals surface area contributed by atoms with Crippen LogP contribution in [-0.4, -0.2) is 23.3 Å². The molecule has 262 valence electrons. The fourth-order valence-electron chi connectivity index (χ4n) is 8.92. The van der Waals surface area contributed by atoms with Crippen molar-refractivity contribution in [3.05, 3.63) is 200 Å². The Morgan fingerprint density at radius 2 is 0.893 bits per heavy atom. The number of fused-ring (bicyclic) bond motifs is 9. The zero-order chi connectivity index (χ0) is 36.7. The predicted octanol–water partition coefficient (Wildman–Crippen LogP) is 12.8. The van der Waals surface area contributed by atoms with E-state index >= 15 is 0 Å². The van der Waals surface area contributed by atoms with Crippen LogP contribution in [0.4, 0.5) is 0 Å². The van der Waals surface area contributed by atoms with Crippen LogP contribution >= 0.6 is 0 Å². The average Bonchev–Trinajstić information content (AvgIpc) is 4.03.